The van der Waals surface area contributed by atoms with Crippen molar-refractivity contribution in [2.45, 2.75) is 19.9 Å². The molecule has 1 N–H and O–H groups in total. The molecule has 0 bridgehead atoms. The van der Waals surface area contributed by atoms with Gasteiger partial charge in [-0.2, -0.15) is 0 Å². The number of nitrogens with one attached hydrogen (secondary N) is 1. The molecule has 0 saturated carbocycles. The highest BCUT2D eigenvalue weighted by molar-refractivity contribution is 7.90. The SMILES string of the molecule is CCOC(=O)c1ccc(NC(C)CS(C)(=O)=O)cc1. The van der Waals surface area contributed by atoms with E-state index >= 15 is 0 Å². The minimum Gasteiger partial charge on any atom is -0.462 e. The van der Waals surface area contributed by atoms with Crippen LogP contribution in [0, 0.1) is 0 Å². The van der Waals surface area contributed by atoms with E-state index in [4.69, 9.17) is 4.74 Å². The molecule has 0 aliphatic rings. The maximum atomic E-state index is 11.4. The first kappa shape index (κ1) is 15.5. The van der Waals surface area contributed by atoms with Gasteiger partial charge in [-0.1, -0.05) is 0 Å². The van der Waals surface area contributed by atoms with Crippen molar-refractivity contribution in [2.75, 3.05) is 23.9 Å². The molecule has 0 fully saturated rings. The van der Waals surface area contributed by atoms with Crippen molar-refractivity contribution in [1.29, 1.82) is 0 Å². The number of anilines is 1. The van der Waals surface area contributed by atoms with Crippen LogP contribution in [0.15, 0.2) is 24.3 Å². The predicted molar refractivity (Wildman–Crippen MR) is 75.2 cm³/mol. The van der Waals surface area contributed by atoms with E-state index in [1.807, 2.05) is 0 Å². The summed E-state index contributed by atoms with van der Waals surface area (Å²) < 4.78 is 27.2. The molecule has 0 amide bonds. The third-order valence-corrected chi connectivity index (χ3v) is 3.47. The van der Waals surface area contributed by atoms with Gasteiger partial charge in [-0.3, -0.25) is 0 Å². The summed E-state index contributed by atoms with van der Waals surface area (Å²) in [6.07, 6.45) is 1.20. The van der Waals surface area contributed by atoms with Crippen molar-refractivity contribution < 1.29 is 17.9 Å². The molecule has 5 nitrogen and oxygen atoms in total. The molecule has 1 rings (SSSR count). The van der Waals surface area contributed by atoms with Gasteiger partial charge in [0.1, 0.15) is 9.84 Å². The number of hydrogen-bond acceptors (Lipinski definition) is 5. The summed E-state index contributed by atoms with van der Waals surface area (Å²) >= 11 is 0. The summed E-state index contributed by atoms with van der Waals surface area (Å²) in [5.74, 6) is -0.301. The van der Waals surface area contributed by atoms with Gasteiger partial charge < -0.3 is 10.1 Å². The van der Waals surface area contributed by atoms with Crippen molar-refractivity contribution in [3.05, 3.63) is 29.8 Å². The minimum absolute atomic E-state index is 0.0621. The van der Waals surface area contributed by atoms with E-state index in [-0.39, 0.29) is 17.8 Å². The third-order valence-electron chi connectivity index (χ3n) is 2.36. The lowest BCUT2D eigenvalue weighted by molar-refractivity contribution is 0.0526. The van der Waals surface area contributed by atoms with Gasteiger partial charge in [0.05, 0.1) is 17.9 Å². The molecule has 19 heavy (non-hydrogen) atoms. The second-order valence-corrected chi connectivity index (χ2v) is 6.62. The van der Waals surface area contributed by atoms with E-state index < -0.39 is 9.84 Å². The van der Waals surface area contributed by atoms with Crippen LogP contribution in [0.3, 0.4) is 0 Å². The molecule has 1 aromatic carbocycles. The standard InChI is InChI=1S/C13H19NO4S/c1-4-18-13(15)11-5-7-12(8-6-11)14-10(2)9-19(3,16)17/h5-8,10,14H,4,9H2,1-3H3. The average molecular weight is 285 g/mol. The number of sulfone groups is 1. The van der Waals surface area contributed by atoms with Crippen LogP contribution in [-0.2, 0) is 14.6 Å². The Morgan fingerprint density at radius 2 is 1.89 bits per heavy atom. The van der Waals surface area contributed by atoms with Crippen LogP contribution < -0.4 is 5.32 Å². The van der Waals surface area contributed by atoms with Crippen LogP contribution in [0.4, 0.5) is 5.69 Å². The number of hydrogen-bond donors (Lipinski definition) is 1. The lowest BCUT2D eigenvalue weighted by Gasteiger charge is -2.14. The van der Waals surface area contributed by atoms with Crippen LogP contribution in [0.1, 0.15) is 24.2 Å². The first-order chi connectivity index (χ1) is 8.81. The predicted octanol–water partition coefficient (Wildman–Crippen LogP) is 1.71. The molecule has 1 aromatic rings. The van der Waals surface area contributed by atoms with E-state index in [9.17, 15) is 13.2 Å². The second-order valence-electron chi connectivity index (χ2n) is 4.44. The van der Waals surface area contributed by atoms with Crippen LogP contribution in [0.2, 0.25) is 0 Å². The number of benzene rings is 1. The molecule has 0 spiro atoms. The van der Waals surface area contributed by atoms with Gasteiger partial charge in [-0.15, -0.1) is 0 Å². The zero-order valence-corrected chi connectivity index (χ0v) is 12.2. The summed E-state index contributed by atoms with van der Waals surface area (Å²) in [5.41, 5.74) is 1.24. The van der Waals surface area contributed by atoms with E-state index in [1.165, 1.54) is 6.26 Å². The van der Waals surface area contributed by atoms with Crippen LogP contribution in [0.25, 0.3) is 0 Å². The lowest BCUT2D eigenvalue weighted by Crippen LogP contribution is -2.24. The summed E-state index contributed by atoms with van der Waals surface area (Å²) in [5, 5.41) is 3.07. The van der Waals surface area contributed by atoms with Gasteiger partial charge in [-0.05, 0) is 38.1 Å². The Labute approximate surface area is 113 Å². The number of carbonyl (C=O) groups excluding carboxylic acids is 1. The topological polar surface area (TPSA) is 72.5 Å². The highest BCUT2D eigenvalue weighted by atomic mass is 32.2. The molecule has 0 aromatic heterocycles. The van der Waals surface area contributed by atoms with Gasteiger partial charge in [0.2, 0.25) is 0 Å². The first-order valence-electron chi connectivity index (χ1n) is 6.03. The zero-order chi connectivity index (χ0) is 14.5. The maximum absolute atomic E-state index is 11.4. The second kappa shape index (κ2) is 6.56. The smallest absolute Gasteiger partial charge is 0.338 e. The molecule has 1 unspecified atom stereocenters. The number of carbonyl (C=O) groups is 1. The molecule has 0 saturated heterocycles. The molecule has 0 aliphatic carbocycles. The van der Waals surface area contributed by atoms with Crippen molar-refractivity contribution in [1.82, 2.24) is 0 Å². The summed E-state index contributed by atoms with van der Waals surface area (Å²) in [7, 11) is -3.01. The number of ether oxygens (including phenoxy) is 1. The van der Waals surface area contributed by atoms with E-state index in [1.54, 1.807) is 38.1 Å². The normalized spacial score (nSPS) is 12.8. The molecule has 0 aliphatic heterocycles. The monoisotopic (exact) mass is 285 g/mol. The number of rotatable bonds is 6. The summed E-state index contributed by atoms with van der Waals surface area (Å²) in [6.45, 7) is 3.88. The quantitative estimate of drug-likeness (QED) is 0.806. The maximum Gasteiger partial charge on any atom is 0.338 e. The highest BCUT2D eigenvalue weighted by Crippen LogP contribution is 2.12. The van der Waals surface area contributed by atoms with Crippen molar-refractivity contribution >= 4 is 21.5 Å². The first-order valence-corrected chi connectivity index (χ1v) is 8.09. The highest BCUT2D eigenvalue weighted by Gasteiger charge is 2.11. The molecule has 0 heterocycles. The van der Waals surface area contributed by atoms with E-state index in [0.29, 0.717) is 12.2 Å². The van der Waals surface area contributed by atoms with Crippen LogP contribution in [0.5, 0.6) is 0 Å². The fraction of sp³-hybridized carbons (Fsp3) is 0.462. The molecule has 6 heteroatoms. The van der Waals surface area contributed by atoms with Crippen molar-refractivity contribution in [2.24, 2.45) is 0 Å². The van der Waals surface area contributed by atoms with E-state index in [0.717, 1.165) is 5.69 Å². The molecule has 1 atom stereocenters. The third kappa shape index (κ3) is 5.74. The Hall–Kier alpha value is -1.56. The molecule has 106 valence electrons. The summed E-state index contributed by atoms with van der Waals surface area (Å²) in [4.78, 5) is 11.4. The Morgan fingerprint density at radius 1 is 1.32 bits per heavy atom. The van der Waals surface area contributed by atoms with Gasteiger partial charge in [0, 0.05) is 18.0 Å². The Kier molecular flexibility index (Phi) is 5.35. The van der Waals surface area contributed by atoms with Gasteiger partial charge >= 0.3 is 5.97 Å². The van der Waals surface area contributed by atoms with Gasteiger partial charge in [0.25, 0.3) is 0 Å². The summed E-state index contributed by atoms with van der Waals surface area (Å²) in [6, 6.07) is 6.56. The fourth-order valence-corrected chi connectivity index (χ4v) is 2.69. The van der Waals surface area contributed by atoms with Crippen molar-refractivity contribution in [3.8, 4) is 0 Å². The Balaban J connectivity index is 2.64. The van der Waals surface area contributed by atoms with Crippen molar-refractivity contribution in [3.63, 3.8) is 0 Å². The lowest BCUT2D eigenvalue weighted by atomic mass is 10.2. The van der Waals surface area contributed by atoms with Crippen LogP contribution in [-0.4, -0.2) is 39.0 Å². The molecular weight excluding hydrogens is 266 g/mol. The van der Waals surface area contributed by atoms with E-state index in [2.05, 4.69) is 5.32 Å². The zero-order valence-electron chi connectivity index (χ0n) is 11.3. The minimum atomic E-state index is -3.01. The fourth-order valence-electron chi connectivity index (χ4n) is 1.70. The van der Waals surface area contributed by atoms with Gasteiger partial charge in [-0.25, -0.2) is 13.2 Å². The molecule has 0 radical (unpaired) electrons. The Bertz CT molecular complexity index is 522. The van der Waals surface area contributed by atoms with Crippen LogP contribution >= 0.6 is 0 Å². The molecular formula is C13H19NO4S. The largest absolute Gasteiger partial charge is 0.462 e. The average Bonchev–Trinajstić information content (AvgIpc) is 2.27. The van der Waals surface area contributed by atoms with Gasteiger partial charge in [0.15, 0.2) is 0 Å². The Morgan fingerprint density at radius 3 is 2.37 bits per heavy atom. The number of esters is 1.